The smallest absolute Gasteiger partial charge is 0.394 e. The van der Waals surface area contributed by atoms with E-state index in [0.29, 0.717) is 4.57 Å². The minimum Gasteiger partial charge on any atom is -0.394 e. The van der Waals surface area contributed by atoms with Gasteiger partial charge in [-0.05, 0) is 19.9 Å². The maximum atomic E-state index is 14.5. The van der Waals surface area contributed by atoms with E-state index in [1.807, 2.05) is 9.97 Å². The van der Waals surface area contributed by atoms with Gasteiger partial charge in [-0.15, -0.1) is 0 Å². The molecule has 22 N–H and O–H groups in total. The van der Waals surface area contributed by atoms with Crippen molar-refractivity contribution in [2.75, 3.05) is 62.6 Å². The summed E-state index contributed by atoms with van der Waals surface area (Å²) >= 11 is 0. The Bertz CT molecular complexity index is 6170. The Kier molecular flexibility index (Phi) is 25.3. The second-order valence-corrected chi connectivity index (χ2v) is 35.4. The van der Waals surface area contributed by atoms with E-state index in [2.05, 4.69) is 49.8 Å². The van der Waals surface area contributed by atoms with E-state index < -0.39 is 277 Å². The van der Waals surface area contributed by atoms with Crippen molar-refractivity contribution < 1.29 is 152 Å². The normalized spacial score (nSPS) is 31.5. The number of fused-ring (bicyclic) bond motifs is 3. The number of nitrogens with zero attached hydrogens (tertiary/aromatic N) is 15. The topological polar surface area (TPSA) is 855 Å². The van der Waals surface area contributed by atoms with Crippen molar-refractivity contribution in [3.05, 3.63) is 130 Å². The standard InChI is InChI=1S/C59H75N22O38P5/c1-20-7-77(58(92)74-49(20)88)31-5-22(115-120(94,95)106-12-27-36(83)37(84)52(112-27)79-17-68-33-44(61)64-15-66-46(33)79)26(110-31)11-105-123(100,101)118-42-28(113-53(39(42)86)76-4-3-30(60)71-57(76)91)14-108-124(102,103)119-43-29(114-55(40(43)87)81-19-70-35-48(81)72-56(63)73-51(35)90)13-107-121(96,97)116-23-6-32(78-8-21(2)50(89)75-59(78)93)109-25(23)10-104-122(98,99)117-41-24(9-82)111-54(38(41)85)80-18-69-34-45(62)65-16-67-47(34)80/h3-4,7-8,15-19,22-29,31-32,36-43,52-55,82-87H,5-6,9-14H2,1-2H3,(H,94,95)(H,96,97)(H,98,99)(H,100,101)(H,102,103)(H2,60,71,91)(H2,61,64,66)(H2,62,65,67)(H,74,88,92)(H,75,89,93)(H3,63,72,73,90)/t22-,23-,24+,25+,26+,27+,28+,29+,31+,32+,36+,37+,38+,39+,40+,41+,42+,43+,52+,53+,54+,55+/m0/s1. The van der Waals surface area contributed by atoms with Crippen molar-refractivity contribution in [3.8, 4) is 0 Å². The van der Waals surface area contributed by atoms with Crippen LogP contribution in [0.1, 0.15) is 61.3 Å². The summed E-state index contributed by atoms with van der Waals surface area (Å²) < 4.78 is 166. The minimum absolute atomic E-state index is 0.0336. The second kappa shape index (κ2) is 35.0. The summed E-state index contributed by atoms with van der Waals surface area (Å²) in [4.78, 5) is 177. The van der Waals surface area contributed by atoms with Gasteiger partial charge in [0.25, 0.3) is 16.7 Å². The van der Waals surface area contributed by atoms with Crippen LogP contribution in [0.4, 0.5) is 23.4 Å². The van der Waals surface area contributed by atoms with Crippen molar-refractivity contribution in [1.82, 2.24) is 87.2 Å². The Morgan fingerprint density at radius 1 is 0.427 bits per heavy atom. The highest BCUT2D eigenvalue weighted by Crippen LogP contribution is 2.57. The van der Waals surface area contributed by atoms with Crippen LogP contribution in [0.15, 0.2) is 85.1 Å². The molecule has 6 fully saturated rings. The van der Waals surface area contributed by atoms with Crippen LogP contribution in [-0.2, 0) is 96.5 Å². The molecule has 15 heterocycles. The summed E-state index contributed by atoms with van der Waals surface area (Å²) in [5.41, 5.74) is 16.6. The van der Waals surface area contributed by atoms with Gasteiger partial charge < -0.3 is 106 Å². The van der Waals surface area contributed by atoms with E-state index in [4.69, 9.17) is 96.6 Å². The first kappa shape index (κ1) is 89.8. The average molecular weight is 1860 g/mol. The number of hydrogen-bond acceptors (Lipinski definition) is 46. The summed E-state index contributed by atoms with van der Waals surface area (Å²) in [6.45, 7) is -4.52. The van der Waals surface area contributed by atoms with E-state index in [-0.39, 0.29) is 50.9 Å². The molecule has 674 valence electrons. The number of aromatic amines is 3. The molecule has 65 heteroatoms. The van der Waals surface area contributed by atoms with Crippen molar-refractivity contribution in [2.45, 2.75) is 162 Å². The molecule has 27 atom stereocenters. The summed E-state index contributed by atoms with van der Waals surface area (Å²) in [5.74, 6) is -0.990. The molecule has 6 aliphatic rings. The zero-order chi connectivity index (χ0) is 88.9. The van der Waals surface area contributed by atoms with Crippen LogP contribution < -0.4 is 56.7 Å². The van der Waals surface area contributed by atoms with Gasteiger partial charge >= 0.3 is 56.2 Å². The number of hydrogen-bond donors (Lipinski definition) is 18. The molecule has 6 saturated heterocycles. The van der Waals surface area contributed by atoms with Crippen molar-refractivity contribution in [3.63, 3.8) is 0 Å². The van der Waals surface area contributed by atoms with Gasteiger partial charge in [0.05, 0.1) is 58.6 Å². The van der Waals surface area contributed by atoms with Crippen LogP contribution in [0.25, 0.3) is 33.5 Å². The molecule has 15 rings (SSSR count). The number of H-pyrrole nitrogens is 3. The number of aliphatic hydroxyl groups is 6. The molecule has 0 bridgehead atoms. The van der Waals surface area contributed by atoms with Crippen LogP contribution in [-0.4, -0.2) is 280 Å². The lowest BCUT2D eigenvalue weighted by Gasteiger charge is -2.27. The molecule has 0 spiro atoms. The van der Waals surface area contributed by atoms with Crippen molar-refractivity contribution >= 4 is 96.0 Å². The number of phosphoric acid groups is 5. The van der Waals surface area contributed by atoms with Crippen LogP contribution in [0, 0.1) is 13.8 Å². The third-order valence-electron chi connectivity index (χ3n) is 20.2. The summed E-state index contributed by atoms with van der Waals surface area (Å²) in [6, 6.07) is 1.04. The van der Waals surface area contributed by atoms with Gasteiger partial charge in [-0.25, -0.2) is 72.1 Å². The maximum absolute atomic E-state index is 14.5. The Hall–Kier alpha value is -9.04. The fourth-order valence-corrected chi connectivity index (χ4v) is 19.1. The molecule has 9 aromatic heterocycles. The molecular formula is C59H75N22O38P5. The highest BCUT2D eigenvalue weighted by atomic mass is 31.2. The number of nitrogens with one attached hydrogen (secondary N) is 3. The third kappa shape index (κ3) is 18.6. The summed E-state index contributed by atoms with van der Waals surface area (Å²) in [7, 11) is -28.6. The Morgan fingerprint density at radius 2 is 0.806 bits per heavy atom. The van der Waals surface area contributed by atoms with Gasteiger partial charge in [-0.1, -0.05) is 0 Å². The molecule has 6 aliphatic heterocycles. The number of aromatic nitrogens is 18. The van der Waals surface area contributed by atoms with Crippen LogP contribution in [0.2, 0.25) is 0 Å². The Balaban J connectivity index is 0.645. The number of aryl methyl sites for hydroxylation is 2. The lowest BCUT2D eigenvalue weighted by molar-refractivity contribution is -0.0658. The summed E-state index contributed by atoms with van der Waals surface area (Å²) in [6.07, 6.45) is -34.6. The van der Waals surface area contributed by atoms with Gasteiger partial charge in [0, 0.05) is 42.6 Å². The largest absolute Gasteiger partial charge is 0.472 e. The number of nitrogen functional groups attached to an aromatic ring is 4. The van der Waals surface area contributed by atoms with Gasteiger partial charge in [-0.3, -0.25) is 102 Å². The number of anilines is 4. The Morgan fingerprint density at radius 3 is 1.25 bits per heavy atom. The average Bonchev–Trinajstić information content (AvgIpc) is 1.59. The molecule has 0 aromatic carbocycles. The molecule has 60 nitrogen and oxygen atoms in total. The van der Waals surface area contributed by atoms with Gasteiger partial charge in [0.2, 0.25) is 5.95 Å². The molecule has 0 aliphatic carbocycles. The lowest BCUT2D eigenvalue weighted by atomic mass is 10.1. The SMILES string of the molecule is Cc1cn([C@H]2C[C@H](OP(=O)(O)OC[C@H]3O[C@@H](n4cnc5c(N)ncnc54)[C@H](O)[C@@H]3O)[C@@H](COP(=O)(O)O[C@H]3[C@@H](O)[C@H](n4ccc(N)nc4=O)O[C@@H]3COP(=O)(O)O[C@H]3[C@@H](O)[C@H](n4cnc5c(=O)[nH]c(N)nc54)O[C@@H]3COP(=O)(O)O[C@H]3C[C@H](n4cc(C)c(=O)[nH]c4=O)O[C@@H]3COP(=O)(O)O[C@H]3[C@@H](O)[C@H](n4cnc5c(N)ncnc54)O[C@@H]3CO)O2)c(=O)[nH]c1=O. The summed E-state index contributed by atoms with van der Waals surface area (Å²) in [5, 5.41) is 67.8. The number of aliphatic hydroxyl groups excluding tert-OH is 6. The number of ether oxygens (including phenoxy) is 6. The molecule has 5 unspecified atom stereocenters. The number of rotatable bonds is 32. The quantitative estimate of drug-likeness (QED) is 0.0174. The van der Waals surface area contributed by atoms with Crippen molar-refractivity contribution in [2.24, 2.45) is 0 Å². The number of phosphoric ester groups is 5. The van der Waals surface area contributed by atoms with Gasteiger partial charge in [0.1, 0.15) is 140 Å². The highest BCUT2D eigenvalue weighted by molar-refractivity contribution is 7.48. The molecule has 0 saturated carbocycles. The van der Waals surface area contributed by atoms with Crippen LogP contribution in [0.3, 0.4) is 0 Å². The third-order valence-corrected chi connectivity index (χ3v) is 25.2. The van der Waals surface area contributed by atoms with Gasteiger partial charge in [0.15, 0.2) is 59.0 Å². The molecule has 124 heavy (non-hydrogen) atoms. The zero-order valence-electron chi connectivity index (χ0n) is 63.3. The molecule has 0 amide bonds. The minimum atomic E-state index is -5.98. The molecule has 0 radical (unpaired) electrons. The number of nitrogens with two attached hydrogens (primary N) is 4. The first-order valence-corrected chi connectivity index (χ1v) is 43.8. The fraction of sp³-hybridized carbons (Fsp3) is 0.542. The van der Waals surface area contributed by atoms with Gasteiger partial charge in [-0.2, -0.15) is 9.97 Å². The molecular weight excluding hydrogens is 1780 g/mol. The van der Waals surface area contributed by atoms with E-state index in [1.54, 1.807) is 0 Å². The van der Waals surface area contributed by atoms with Crippen LogP contribution >= 0.6 is 39.1 Å². The predicted molar refractivity (Wildman–Crippen MR) is 400 cm³/mol. The predicted octanol–water partition coefficient (Wildman–Crippen LogP) is -6.43. The maximum Gasteiger partial charge on any atom is 0.472 e. The van der Waals surface area contributed by atoms with E-state index in [0.717, 1.165) is 63.7 Å². The van der Waals surface area contributed by atoms with Crippen LogP contribution in [0.5, 0.6) is 0 Å². The monoisotopic (exact) mass is 1850 g/mol. The lowest BCUT2D eigenvalue weighted by Crippen LogP contribution is -2.38. The van der Waals surface area contributed by atoms with Crippen molar-refractivity contribution in [1.29, 1.82) is 0 Å². The number of imidazole rings is 3. The van der Waals surface area contributed by atoms with E-state index >= 15 is 0 Å². The molecule has 9 aromatic rings. The second-order valence-electron chi connectivity index (χ2n) is 28.4. The van der Waals surface area contributed by atoms with E-state index in [1.165, 1.54) is 29.3 Å². The fourth-order valence-electron chi connectivity index (χ4n) is 14.3. The zero-order valence-corrected chi connectivity index (χ0v) is 67.7. The van der Waals surface area contributed by atoms with E-state index in [9.17, 15) is 107 Å². The first-order valence-electron chi connectivity index (χ1n) is 36.3. The Labute approximate surface area is 686 Å². The highest BCUT2D eigenvalue weighted by Gasteiger charge is 2.56. The first-order chi connectivity index (χ1) is 58.5.